The van der Waals surface area contributed by atoms with Crippen molar-refractivity contribution < 1.29 is 37.0 Å². The molecule has 0 radical (unpaired) electrons. The Bertz CT molecular complexity index is 4900. The first kappa shape index (κ1) is 83.0. The van der Waals surface area contributed by atoms with Crippen molar-refractivity contribution in [2.45, 2.75) is 237 Å². The van der Waals surface area contributed by atoms with Gasteiger partial charge >= 0.3 is 53.4 Å². The largest absolute Gasteiger partial charge is 2.00 e. The molecular formula is C100H112CaO8P2. The molecule has 14 rings (SSSR count). The van der Waals surface area contributed by atoms with Gasteiger partial charge in [-0.05, 0) is 227 Å². The monoisotopic (exact) mass is 1540 g/mol. The number of rotatable bonds is 16. The predicted molar refractivity (Wildman–Crippen MR) is 468 cm³/mol. The van der Waals surface area contributed by atoms with Crippen LogP contribution in [0.2, 0.25) is 0 Å². The van der Waals surface area contributed by atoms with E-state index in [0.29, 0.717) is 46.7 Å². The SMILES string of the molecule is CC(C)c1cc(C(C)C)c(-c2cc3ccccc3c3c2OP(=O)([O-])Oc2c(-c4c(C(C)C)cc(C(C)C)cc4C(C)C)cc4ccccc4c2-3)c(C(C)C)c1.CC(C)c1cc(C(C)C)c(-c2cc3ccccc3c3c2OP(=O)([O-])Oc2c(-c4c(C(C)C)cc(C(C)C)cc4C(C)C)cc4ccccc4c2-3)c(C(C)C)c1.[Ca+2]. The van der Waals surface area contributed by atoms with E-state index in [1.807, 2.05) is 24.3 Å². The van der Waals surface area contributed by atoms with Gasteiger partial charge in [0.1, 0.15) is 23.0 Å². The van der Waals surface area contributed by atoms with E-state index in [2.05, 4.69) is 312 Å². The summed E-state index contributed by atoms with van der Waals surface area (Å²) in [6.45, 7) is 53.3. The third kappa shape index (κ3) is 15.7. The number of phosphoric acid groups is 2. The third-order valence-electron chi connectivity index (χ3n) is 22.9. The van der Waals surface area contributed by atoms with E-state index in [0.717, 1.165) is 110 Å². The standard InChI is InChI=1S/2C50H57O4P.Ca/c2*1-27(2)35-23-39(29(5)6)45(40(24-35)30(7)8)43-21-33-17-13-15-19-37(33)47-48-38-20-16-14-18-34(38)22-44(50(48)54-55(51,52)53-49(43)47)46-41(31(9)10)25-36(28(3)4)26-42(46)32(11)12;/h2*13-32H,1-12H3,(H,51,52);/q;;+2/p-2. The quantitative estimate of drug-likeness (QED) is 0.0694. The van der Waals surface area contributed by atoms with Gasteiger partial charge in [-0.25, -0.2) is 9.13 Å². The fourth-order valence-corrected chi connectivity index (χ4v) is 18.7. The number of phosphoric ester groups is 2. The normalized spacial score (nSPS) is 13.8. The van der Waals surface area contributed by atoms with E-state index in [4.69, 9.17) is 18.1 Å². The van der Waals surface area contributed by atoms with E-state index in [1.165, 1.54) is 66.8 Å². The maximum Gasteiger partial charge on any atom is 2.00 e. The zero-order valence-corrected chi connectivity index (χ0v) is 74.0. The molecule has 0 atom stereocenters. The zero-order valence-electron chi connectivity index (χ0n) is 70.0. The second kappa shape index (κ2) is 32.4. The van der Waals surface area contributed by atoms with E-state index >= 15 is 0 Å². The summed E-state index contributed by atoms with van der Waals surface area (Å²) in [4.78, 5) is 29.2. The molecule has 0 spiro atoms. The Balaban J connectivity index is 0.000000204. The Morgan fingerprint density at radius 1 is 0.225 bits per heavy atom. The molecule has 0 fully saturated rings. The van der Waals surface area contributed by atoms with Gasteiger partial charge in [0.05, 0.1) is 0 Å². The van der Waals surface area contributed by atoms with Gasteiger partial charge in [0, 0.05) is 44.5 Å². The molecule has 572 valence electrons. The van der Waals surface area contributed by atoms with Crippen LogP contribution in [0.4, 0.5) is 0 Å². The van der Waals surface area contributed by atoms with Crippen molar-refractivity contribution in [2.75, 3.05) is 0 Å². The first-order valence-electron chi connectivity index (χ1n) is 40.3. The van der Waals surface area contributed by atoms with Gasteiger partial charge in [0.25, 0.3) is 0 Å². The van der Waals surface area contributed by atoms with Gasteiger partial charge in [-0.3, -0.25) is 0 Å². The minimum atomic E-state index is -5.00. The van der Waals surface area contributed by atoms with Crippen LogP contribution in [0.5, 0.6) is 23.0 Å². The van der Waals surface area contributed by atoms with Crippen LogP contribution in [0.25, 0.3) is 110 Å². The second-order valence-corrected chi connectivity index (χ2v) is 37.3. The van der Waals surface area contributed by atoms with Crippen LogP contribution >= 0.6 is 15.6 Å². The molecule has 111 heavy (non-hydrogen) atoms. The minimum Gasteiger partial charge on any atom is -0.736 e. The molecule has 0 amide bonds. The molecule has 0 saturated heterocycles. The Morgan fingerprint density at radius 3 is 0.523 bits per heavy atom. The van der Waals surface area contributed by atoms with Crippen molar-refractivity contribution in [1.29, 1.82) is 0 Å². The Kier molecular flexibility index (Phi) is 24.2. The van der Waals surface area contributed by atoms with Crippen molar-refractivity contribution in [3.05, 3.63) is 237 Å². The van der Waals surface area contributed by atoms with Crippen molar-refractivity contribution in [1.82, 2.24) is 0 Å². The van der Waals surface area contributed by atoms with Crippen LogP contribution in [-0.2, 0) is 9.13 Å². The van der Waals surface area contributed by atoms with Crippen LogP contribution in [0.15, 0.2) is 170 Å². The zero-order chi connectivity index (χ0) is 79.3. The molecule has 0 N–H and O–H groups in total. The Hall–Kier alpha value is -7.48. The Labute approximate surface area is 691 Å². The first-order valence-corrected chi connectivity index (χ1v) is 43.3. The Morgan fingerprint density at radius 2 is 0.378 bits per heavy atom. The fourth-order valence-electron chi connectivity index (χ4n) is 17.0. The van der Waals surface area contributed by atoms with E-state index in [1.54, 1.807) is 0 Å². The van der Waals surface area contributed by atoms with Crippen molar-refractivity contribution in [3.63, 3.8) is 0 Å². The first-order chi connectivity index (χ1) is 52.0. The van der Waals surface area contributed by atoms with Gasteiger partial charge in [0.15, 0.2) is 0 Å². The van der Waals surface area contributed by atoms with Crippen LogP contribution in [0.3, 0.4) is 0 Å². The van der Waals surface area contributed by atoms with Crippen LogP contribution in [0, 0.1) is 0 Å². The average molecular weight is 1540 g/mol. The third-order valence-corrected chi connectivity index (χ3v) is 24.6. The molecule has 0 bridgehead atoms. The topological polar surface area (TPSA) is 117 Å². The van der Waals surface area contributed by atoms with Crippen LogP contribution in [-0.4, -0.2) is 37.7 Å². The van der Waals surface area contributed by atoms with Gasteiger partial charge in [-0.1, -0.05) is 312 Å². The van der Waals surface area contributed by atoms with Crippen molar-refractivity contribution in [2.24, 2.45) is 0 Å². The van der Waals surface area contributed by atoms with Crippen molar-refractivity contribution >= 4 is 96.5 Å². The molecule has 11 heteroatoms. The number of fused-ring (bicyclic) bond motifs is 14. The van der Waals surface area contributed by atoms with E-state index < -0.39 is 15.6 Å². The molecule has 2 aliphatic heterocycles. The maximum atomic E-state index is 14.6. The molecule has 12 aromatic rings. The van der Waals surface area contributed by atoms with Gasteiger partial charge < -0.3 is 27.9 Å². The van der Waals surface area contributed by atoms with Gasteiger partial charge in [-0.15, -0.1) is 0 Å². The summed E-state index contributed by atoms with van der Waals surface area (Å²) in [5.74, 6) is 4.01. The summed E-state index contributed by atoms with van der Waals surface area (Å²) >= 11 is 0. The number of benzene rings is 12. The molecule has 0 aliphatic carbocycles. The summed E-state index contributed by atoms with van der Waals surface area (Å²) in [6, 6.07) is 60.1. The fraction of sp³-hybridized carbons (Fsp3) is 0.360. The maximum absolute atomic E-state index is 14.6. The van der Waals surface area contributed by atoms with Crippen molar-refractivity contribution in [3.8, 4) is 89.8 Å². The van der Waals surface area contributed by atoms with Crippen LogP contribution in [0.1, 0.15) is 304 Å². The van der Waals surface area contributed by atoms with Gasteiger partial charge in [0.2, 0.25) is 0 Å². The molecule has 12 aromatic carbocycles. The average Bonchev–Trinajstić information content (AvgIpc) is 1.66. The number of hydrogen-bond acceptors (Lipinski definition) is 8. The summed E-state index contributed by atoms with van der Waals surface area (Å²) in [7, 11) is -10.0. The summed E-state index contributed by atoms with van der Waals surface area (Å²) in [5.41, 5.74) is 24.7. The molecule has 8 nitrogen and oxygen atoms in total. The molecule has 2 aliphatic rings. The summed E-state index contributed by atoms with van der Waals surface area (Å²) in [6.07, 6.45) is 0. The predicted octanol–water partition coefficient (Wildman–Crippen LogP) is 29.6. The molecule has 0 aromatic heterocycles. The van der Waals surface area contributed by atoms with Crippen LogP contribution < -0.4 is 27.9 Å². The molecule has 0 unspecified atom stereocenters. The molecule has 0 saturated carbocycles. The molecular weight excluding hydrogens is 1430 g/mol. The summed E-state index contributed by atoms with van der Waals surface area (Å²) < 4.78 is 54.7. The molecule has 2 heterocycles. The van der Waals surface area contributed by atoms with E-state index in [-0.39, 0.29) is 85.1 Å². The van der Waals surface area contributed by atoms with Gasteiger partial charge in [-0.2, -0.15) is 0 Å². The smallest absolute Gasteiger partial charge is 0.736 e. The van der Waals surface area contributed by atoms with E-state index in [9.17, 15) is 18.9 Å². The minimum absolute atomic E-state index is 0. The summed E-state index contributed by atoms with van der Waals surface area (Å²) in [5, 5.41) is 7.67. The second-order valence-electron chi connectivity index (χ2n) is 34.8. The number of hydrogen-bond donors (Lipinski definition) is 0.